The number of primary amides is 1. The number of phenolic OH excluding ortho intramolecular Hbond substituents is 1. The molecule has 1 amide bonds. The second-order valence-corrected chi connectivity index (χ2v) is 11.9. The van der Waals surface area contributed by atoms with Crippen LogP contribution in [0, 0.1) is 29.1 Å². The van der Waals surface area contributed by atoms with Crippen LogP contribution in [0.2, 0.25) is 0 Å². The van der Waals surface area contributed by atoms with E-state index < -0.39 is 64.4 Å². The number of nitrogens with zero attached hydrogens (tertiary/aromatic N) is 1. The number of phenols is 1. The molecule has 2 unspecified atom stereocenters. The third kappa shape index (κ3) is 3.80. The van der Waals surface area contributed by atoms with Crippen LogP contribution < -0.4 is 5.73 Å². The topological polar surface area (TPSA) is 155 Å². The van der Waals surface area contributed by atoms with Crippen LogP contribution in [-0.2, 0) is 32.0 Å². The van der Waals surface area contributed by atoms with Gasteiger partial charge in [0.2, 0.25) is 5.91 Å². The second-order valence-electron chi connectivity index (χ2n) is 11.9. The molecule has 4 rings (SSSR count). The van der Waals surface area contributed by atoms with Gasteiger partial charge in [0.05, 0.1) is 17.5 Å². The summed E-state index contributed by atoms with van der Waals surface area (Å²) in [4.78, 5) is 67.4. The number of amides is 1. The van der Waals surface area contributed by atoms with Crippen molar-refractivity contribution in [3.63, 3.8) is 0 Å². The van der Waals surface area contributed by atoms with Crippen molar-refractivity contribution in [1.29, 1.82) is 0 Å². The second kappa shape index (κ2) is 8.59. The third-order valence-corrected chi connectivity index (χ3v) is 8.19. The zero-order valence-electron chi connectivity index (χ0n) is 21.3. The van der Waals surface area contributed by atoms with E-state index in [1.807, 2.05) is 0 Å². The minimum Gasteiger partial charge on any atom is -0.507 e. The molecule has 194 valence electrons. The predicted molar refractivity (Wildman–Crippen MR) is 129 cm³/mol. The van der Waals surface area contributed by atoms with Gasteiger partial charge in [-0.15, -0.1) is 0 Å². The quantitative estimate of drug-likeness (QED) is 0.516. The fraction of sp³-hybridized carbons (Fsp3) is 0.593. The van der Waals surface area contributed by atoms with Crippen LogP contribution in [0.15, 0.2) is 12.1 Å². The van der Waals surface area contributed by atoms with Crippen LogP contribution in [0.1, 0.15) is 55.1 Å². The van der Waals surface area contributed by atoms with Crippen LogP contribution in [0.4, 0.5) is 0 Å². The van der Waals surface area contributed by atoms with Gasteiger partial charge in [-0.1, -0.05) is 26.8 Å². The number of carbonyl (C=O) groups is 5. The maximum Gasteiger partial charge on any atom is 0.235 e. The van der Waals surface area contributed by atoms with Gasteiger partial charge in [-0.3, -0.25) is 28.9 Å². The number of hydrogen-bond acceptors (Lipinski definition) is 8. The molecule has 2 saturated carbocycles. The molecule has 9 heteroatoms. The maximum atomic E-state index is 13.8. The zero-order chi connectivity index (χ0) is 26.9. The highest BCUT2D eigenvalue weighted by molar-refractivity contribution is 6.32. The first kappa shape index (κ1) is 26.2. The average molecular weight is 499 g/mol. The van der Waals surface area contributed by atoms with E-state index in [-0.39, 0.29) is 23.1 Å². The van der Waals surface area contributed by atoms with Crippen LogP contribution in [0.25, 0.3) is 0 Å². The van der Waals surface area contributed by atoms with Gasteiger partial charge in [0.1, 0.15) is 5.75 Å². The summed E-state index contributed by atoms with van der Waals surface area (Å²) >= 11 is 0. The Morgan fingerprint density at radius 3 is 2.33 bits per heavy atom. The normalized spacial score (nSPS) is 32.2. The Kier molecular flexibility index (Phi) is 6.24. The third-order valence-electron chi connectivity index (χ3n) is 8.19. The van der Waals surface area contributed by atoms with E-state index in [2.05, 4.69) is 20.8 Å². The number of fused-ring (bicyclic) bond motifs is 3. The van der Waals surface area contributed by atoms with Gasteiger partial charge >= 0.3 is 0 Å². The Balaban J connectivity index is 1.82. The van der Waals surface area contributed by atoms with Crippen molar-refractivity contribution >= 4 is 29.0 Å². The highest BCUT2D eigenvalue weighted by atomic mass is 16.3. The first-order chi connectivity index (χ1) is 16.6. The lowest BCUT2D eigenvalue weighted by atomic mass is 9.52. The summed E-state index contributed by atoms with van der Waals surface area (Å²) in [7, 11) is 3.13. The van der Waals surface area contributed by atoms with Gasteiger partial charge in [0, 0.05) is 5.92 Å². The summed E-state index contributed by atoms with van der Waals surface area (Å²) < 4.78 is 0. The molecule has 9 nitrogen and oxygen atoms in total. The van der Waals surface area contributed by atoms with Gasteiger partial charge in [0.15, 0.2) is 34.7 Å². The number of benzene rings is 1. The van der Waals surface area contributed by atoms with Crippen molar-refractivity contribution in [3.8, 4) is 5.75 Å². The van der Waals surface area contributed by atoms with E-state index in [4.69, 9.17) is 5.73 Å². The van der Waals surface area contributed by atoms with Crippen molar-refractivity contribution in [2.75, 3.05) is 14.1 Å². The number of Topliss-reactive ketones (excluding diaryl/α,β-unsaturated/α-hetero) is 4. The molecule has 3 aliphatic rings. The number of ketones is 4. The molecule has 2 fully saturated rings. The Hall–Kier alpha value is -2.91. The summed E-state index contributed by atoms with van der Waals surface area (Å²) in [5.41, 5.74) is 4.31. The minimum absolute atomic E-state index is 0.0436. The fourth-order valence-corrected chi connectivity index (χ4v) is 6.41. The Bertz CT molecular complexity index is 1180. The molecule has 0 radical (unpaired) electrons. The van der Waals surface area contributed by atoms with E-state index in [0.717, 1.165) is 12.0 Å². The monoisotopic (exact) mass is 498 g/mol. The largest absolute Gasteiger partial charge is 0.507 e. The molecule has 0 aliphatic heterocycles. The molecule has 0 aromatic heterocycles. The summed E-state index contributed by atoms with van der Waals surface area (Å²) in [5.74, 6) is -10.2. The molecule has 36 heavy (non-hydrogen) atoms. The van der Waals surface area contributed by atoms with Crippen LogP contribution in [-0.4, -0.2) is 69.9 Å². The van der Waals surface area contributed by atoms with E-state index in [1.165, 1.54) is 11.0 Å². The summed E-state index contributed by atoms with van der Waals surface area (Å²) in [5, 5.41) is 22.2. The number of hydrogen-bond donors (Lipinski definition) is 3. The zero-order valence-corrected chi connectivity index (χ0v) is 21.3. The van der Waals surface area contributed by atoms with Crippen molar-refractivity contribution < 1.29 is 34.2 Å². The lowest BCUT2D eigenvalue weighted by molar-refractivity contribution is -0.181. The number of carbonyl (C=O) groups excluding carboxylic acids is 5. The van der Waals surface area contributed by atoms with Crippen LogP contribution in [0.5, 0.6) is 5.75 Å². The number of aryl methyl sites for hydroxylation is 1. The molecule has 4 N–H and O–H groups in total. The molecule has 6 atom stereocenters. The summed E-state index contributed by atoms with van der Waals surface area (Å²) in [6, 6.07) is 2.13. The number of aromatic hydroxyl groups is 1. The number of rotatable bonds is 4. The van der Waals surface area contributed by atoms with Crippen LogP contribution in [0.3, 0.4) is 0 Å². The van der Waals surface area contributed by atoms with E-state index >= 15 is 0 Å². The van der Waals surface area contributed by atoms with Crippen molar-refractivity contribution in [2.24, 2.45) is 34.8 Å². The molecule has 0 heterocycles. The highest BCUT2D eigenvalue weighted by Crippen LogP contribution is 2.51. The minimum atomic E-state index is -2.70. The van der Waals surface area contributed by atoms with E-state index in [1.54, 1.807) is 20.2 Å². The SMILES string of the molecule is CN(C)[C@@H]1C(=O)C(C(N)=O)C(=O)[C@@]2(O)C(=O)C3C(=O)c4c(O)ccc(CCC(C)(C)C)c4C[C@H]3C[C@@H]12. The van der Waals surface area contributed by atoms with Gasteiger partial charge < -0.3 is 15.9 Å². The molecule has 0 saturated heterocycles. The molecular weight excluding hydrogens is 464 g/mol. The molecule has 1 aromatic carbocycles. The fourth-order valence-electron chi connectivity index (χ4n) is 6.41. The van der Waals surface area contributed by atoms with Crippen molar-refractivity contribution in [3.05, 3.63) is 28.8 Å². The smallest absolute Gasteiger partial charge is 0.235 e. The number of aliphatic hydroxyl groups is 1. The van der Waals surface area contributed by atoms with Crippen molar-refractivity contribution in [1.82, 2.24) is 4.90 Å². The summed E-state index contributed by atoms with van der Waals surface area (Å²) in [6.45, 7) is 6.33. The van der Waals surface area contributed by atoms with Gasteiger partial charge in [0.25, 0.3) is 0 Å². The molecule has 1 aromatic rings. The van der Waals surface area contributed by atoms with Crippen LogP contribution >= 0.6 is 0 Å². The number of nitrogens with two attached hydrogens (primary N) is 1. The molecule has 3 aliphatic carbocycles. The Labute approximate surface area is 210 Å². The first-order valence-electron chi connectivity index (χ1n) is 12.3. The Morgan fingerprint density at radius 2 is 1.78 bits per heavy atom. The molecular formula is C27H34N2O7. The average Bonchev–Trinajstić information content (AvgIpc) is 2.74. The number of likely N-dealkylation sites (N-methyl/N-ethyl adjacent to an activating group) is 1. The van der Waals surface area contributed by atoms with Gasteiger partial charge in [-0.2, -0.15) is 0 Å². The van der Waals surface area contributed by atoms with Crippen molar-refractivity contribution in [2.45, 2.75) is 58.1 Å². The maximum absolute atomic E-state index is 13.8. The molecule has 0 spiro atoms. The first-order valence-corrected chi connectivity index (χ1v) is 12.3. The Morgan fingerprint density at radius 1 is 1.14 bits per heavy atom. The predicted octanol–water partition coefficient (Wildman–Crippen LogP) is 0.846. The lowest BCUT2D eigenvalue weighted by Crippen LogP contribution is -2.74. The highest BCUT2D eigenvalue weighted by Gasteiger charge is 2.69. The van der Waals surface area contributed by atoms with E-state index in [0.29, 0.717) is 18.4 Å². The van der Waals surface area contributed by atoms with Gasteiger partial charge in [-0.05, 0) is 68.3 Å². The van der Waals surface area contributed by atoms with E-state index in [9.17, 15) is 34.2 Å². The van der Waals surface area contributed by atoms with Gasteiger partial charge in [-0.25, -0.2) is 0 Å². The molecule has 0 bridgehead atoms. The summed E-state index contributed by atoms with van der Waals surface area (Å²) in [6.07, 6.45) is 1.86. The standard InChI is InChI=1S/C27H34N2O7/c1-26(2,3)9-8-12-6-7-16(30)18-14(12)10-13-11-15-20(29(4)5)22(32)19(25(28)35)24(34)27(15,36)23(33)17(13)21(18)31/h6-7,13,15,17,19-20,30,36H,8-11H2,1-5H3,(H2,28,35)/t13-,15-,17?,19?,20-,27-/m0/s1. The lowest BCUT2D eigenvalue weighted by Gasteiger charge is -2.52.